The molecule has 0 saturated heterocycles. The smallest absolute Gasteiger partial charge is 0.232 e. The molecular weight excluding hydrogens is 436 g/mol. The Kier molecular flexibility index (Phi) is 5.68. The Morgan fingerprint density at radius 2 is 1.66 bits per heavy atom. The average molecular weight is 465 g/mol. The van der Waals surface area contributed by atoms with Crippen LogP contribution in [0, 0.1) is 0 Å². The predicted molar refractivity (Wildman–Crippen MR) is 138 cm³/mol. The number of hydrogen-bond donors (Lipinski definition) is 1. The van der Waals surface area contributed by atoms with Gasteiger partial charge in [0.2, 0.25) is 5.91 Å². The first kappa shape index (κ1) is 22.5. The molecule has 0 fully saturated rings. The van der Waals surface area contributed by atoms with Gasteiger partial charge in [-0.3, -0.25) is 9.36 Å². The van der Waals surface area contributed by atoms with Crippen LogP contribution in [0.5, 0.6) is 0 Å². The third-order valence-electron chi connectivity index (χ3n) is 6.10. The second kappa shape index (κ2) is 8.83. The van der Waals surface area contributed by atoms with Crippen LogP contribution in [0.2, 0.25) is 0 Å². The normalized spacial score (nSPS) is 12.6. The van der Waals surface area contributed by atoms with Crippen LogP contribution < -0.4 is 5.32 Å². The number of aromatic nitrogens is 5. The Hall–Kier alpha value is -4.26. The molecule has 1 unspecified atom stereocenters. The summed E-state index contributed by atoms with van der Waals surface area (Å²) in [4.78, 5) is 22.1. The molecule has 5 rings (SSSR count). The molecule has 1 N–H and O–H groups in total. The third kappa shape index (κ3) is 4.45. The lowest BCUT2D eigenvalue weighted by Crippen LogP contribution is -2.20. The summed E-state index contributed by atoms with van der Waals surface area (Å²) in [5.74, 6) is 0.217. The molecular formula is C28H28N6O. The number of carbonyl (C=O) groups is 1. The first-order valence-electron chi connectivity index (χ1n) is 11.7. The maximum Gasteiger partial charge on any atom is 0.232 e. The number of para-hydroxylation sites is 1. The van der Waals surface area contributed by atoms with Crippen LogP contribution in [-0.2, 0) is 10.2 Å². The lowest BCUT2D eigenvalue weighted by molar-refractivity contribution is -0.117. The van der Waals surface area contributed by atoms with E-state index in [1.807, 2.05) is 84.3 Å². The van der Waals surface area contributed by atoms with Crippen molar-refractivity contribution >= 4 is 22.9 Å². The van der Waals surface area contributed by atoms with Gasteiger partial charge in [0.1, 0.15) is 17.7 Å². The summed E-state index contributed by atoms with van der Waals surface area (Å²) in [6.45, 7) is 8.24. The topological polar surface area (TPSA) is 77.6 Å². The van der Waals surface area contributed by atoms with E-state index in [1.54, 1.807) is 17.2 Å². The number of benzene rings is 2. The number of amides is 1. The van der Waals surface area contributed by atoms with Crippen LogP contribution in [0.25, 0.3) is 22.5 Å². The second-order valence-electron chi connectivity index (χ2n) is 9.68. The summed E-state index contributed by atoms with van der Waals surface area (Å²) in [7, 11) is 0. The lowest BCUT2D eigenvalue weighted by atomic mass is 9.92. The van der Waals surface area contributed by atoms with E-state index in [4.69, 9.17) is 5.10 Å². The zero-order valence-corrected chi connectivity index (χ0v) is 20.3. The van der Waals surface area contributed by atoms with Crippen molar-refractivity contribution < 1.29 is 4.79 Å². The molecule has 3 heterocycles. The predicted octanol–water partition coefficient (Wildman–Crippen LogP) is 5.65. The van der Waals surface area contributed by atoms with Crippen molar-refractivity contribution in [2.45, 2.75) is 39.0 Å². The van der Waals surface area contributed by atoms with E-state index in [9.17, 15) is 4.79 Å². The highest BCUT2D eigenvalue weighted by Crippen LogP contribution is 2.28. The van der Waals surface area contributed by atoms with E-state index in [0.29, 0.717) is 5.82 Å². The van der Waals surface area contributed by atoms with Gasteiger partial charge in [-0.25, -0.2) is 14.6 Å². The van der Waals surface area contributed by atoms with Gasteiger partial charge in [-0.15, -0.1) is 0 Å². The van der Waals surface area contributed by atoms with Crippen molar-refractivity contribution in [2.24, 2.45) is 0 Å². The Balaban J connectivity index is 1.39. The minimum absolute atomic E-state index is 0.0926. The van der Waals surface area contributed by atoms with Crippen LogP contribution in [0.1, 0.15) is 44.9 Å². The fourth-order valence-electron chi connectivity index (χ4n) is 3.95. The number of fused-ring (bicyclic) bond motifs is 1. The van der Waals surface area contributed by atoms with Gasteiger partial charge in [0, 0.05) is 23.4 Å². The molecule has 5 aromatic rings. The fraction of sp³-hybridized carbons (Fsp3) is 0.214. The van der Waals surface area contributed by atoms with E-state index in [2.05, 4.69) is 36.1 Å². The van der Waals surface area contributed by atoms with Crippen molar-refractivity contribution in [1.29, 1.82) is 0 Å². The van der Waals surface area contributed by atoms with Gasteiger partial charge in [0.25, 0.3) is 0 Å². The highest BCUT2D eigenvalue weighted by atomic mass is 16.2. The van der Waals surface area contributed by atoms with E-state index in [-0.39, 0.29) is 17.2 Å². The van der Waals surface area contributed by atoms with Crippen LogP contribution in [-0.4, -0.2) is 30.2 Å². The highest BCUT2D eigenvalue weighted by Gasteiger charge is 2.23. The number of carbonyl (C=O) groups excluding carboxylic acids is 1. The molecule has 0 aliphatic heterocycles. The van der Waals surface area contributed by atoms with E-state index in [0.717, 1.165) is 33.8 Å². The number of anilines is 1. The number of pyridine rings is 1. The molecule has 0 saturated carbocycles. The van der Waals surface area contributed by atoms with Gasteiger partial charge in [0.05, 0.1) is 17.3 Å². The monoisotopic (exact) mass is 464 g/mol. The second-order valence-corrected chi connectivity index (χ2v) is 9.68. The number of nitrogens with one attached hydrogen (secondary N) is 1. The molecule has 1 amide bonds. The van der Waals surface area contributed by atoms with Gasteiger partial charge in [-0.05, 0) is 48.9 Å². The standard InChI is InChI=1S/C28H28N6O/c1-19(20-12-14-21(15-13-20)33-18-30-23-11-8-16-29-26(23)33)27(35)31-25-17-24(28(2,3)4)32-34(25)22-9-6-5-7-10-22/h5-19H,1-4H3,(H,31,35). The van der Waals surface area contributed by atoms with Crippen molar-refractivity contribution in [3.63, 3.8) is 0 Å². The Bertz CT molecular complexity index is 1480. The molecule has 7 heteroatoms. The summed E-state index contributed by atoms with van der Waals surface area (Å²) in [6, 6.07) is 23.5. The SMILES string of the molecule is CC(C(=O)Nc1cc(C(C)(C)C)nn1-c1ccccc1)c1ccc(-n2cnc3cccnc32)cc1. The zero-order valence-electron chi connectivity index (χ0n) is 20.3. The molecule has 0 aliphatic carbocycles. The van der Waals surface area contributed by atoms with Gasteiger partial charge < -0.3 is 5.32 Å². The van der Waals surface area contributed by atoms with Crippen molar-refractivity contribution in [2.75, 3.05) is 5.32 Å². The van der Waals surface area contributed by atoms with Gasteiger partial charge in [-0.1, -0.05) is 51.1 Å². The maximum absolute atomic E-state index is 13.3. The minimum atomic E-state index is -0.348. The fourth-order valence-corrected chi connectivity index (χ4v) is 3.95. The van der Waals surface area contributed by atoms with Crippen LogP contribution in [0.3, 0.4) is 0 Å². The first-order valence-corrected chi connectivity index (χ1v) is 11.7. The molecule has 7 nitrogen and oxygen atoms in total. The Labute approximate surface area is 204 Å². The van der Waals surface area contributed by atoms with Crippen LogP contribution in [0.15, 0.2) is 85.3 Å². The molecule has 1 atom stereocenters. The number of rotatable bonds is 5. The van der Waals surface area contributed by atoms with Crippen LogP contribution >= 0.6 is 0 Å². The summed E-state index contributed by atoms with van der Waals surface area (Å²) in [5.41, 5.74) is 5.17. The molecule has 2 aromatic carbocycles. The molecule has 0 aliphatic rings. The molecule has 176 valence electrons. The Morgan fingerprint density at radius 1 is 0.914 bits per heavy atom. The lowest BCUT2D eigenvalue weighted by Gasteiger charge is -2.14. The van der Waals surface area contributed by atoms with E-state index in [1.165, 1.54) is 0 Å². The van der Waals surface area contributed by atoms with Crippen molar-refractivity contribution in [1.82, 2.24) is 24.3 Å². The number of imidazole rings is 1. The summed E-state index contributed by atoms with van der Waals surface area (Å²) >= 11 is 0. The van der Waals surface area contributed by atoms with Crippen molar-refractivity contribution in [3.05, 3.63) is 96.6 Å². The van der Waals surface area contributed by atoms with Crippen LogP contribution in [0.4, 0.5) is 5.82 Å². The number of nitrogens with zero attached hydrogens (tertiary/aromatic N) is 5. The maximum atomic E-state index is 13.3. The zero-order chi connectivity index (χ0) is 24.6. The average Bonchev–Trinajstić information content (AvgIpc) is 3.49. The first-order chi connectivity index (χ1) is 16.8. The third-order valence-corrected chi connectivity index (χ3v) is 6.10. The molecule has 0 spiro atoms. The molecule has 3 aromatic heterocycles. The molecule has 0 bridgehead atoms. The van der Waals surface area contributed by atoms with E-state index >= 15 is 0 Å². The Morgan fingerprint density at radius 3 is 2.37 bits per heavy atom. The van der Waals surface area contributed by atoms with Crippen molar-refractivity contribution in [3.8, 4) is 11.4 Å². The molecule has 35 heavy (non-hydrogen) atoms. The largest absolute Gasteiger partial charge is 0.310 e. The summed E-state index contributed by atoms with van der Waals surface area (Å²) in [6.07, 6.45) is 3.52. The number of hydrogen-bond acceptors (Lipinski definition) is 4. The van der Waals surface area contributed by atoms with Gasteiger partial charge in [0.15, 0.2) is 5.65 Å². The minimum Gasteiger partial charge on any atom is -0.310 e. The van der Waals surface area contributed by atoms with E-state index < -0.39 is 0 Å². The summed E-state index contributed by atoms with van der Waals surface area (Å²) in [5, 5.41) is 7.89. The summed E-state index contributed by atoms with van der Waals surface area (Å²) < 4.78 is 3.74. The quantitative estimate of drug-likeness (QED) is 0.365. The highest BCUT2D eigenvalue weighted by molar-refractivity contribution is 5.95. The van der Waals surface area contributed by atoms with Gasteiger partial charge in [-0.2, -0.15) is 5.10 Å². The molecule has 0 radical (unpaired) electrons. The van der Waals surface area contributed by atoms with Gasteiger partial charge >= 0.3 is 0 Å².